The molecule has 6 heteroatoms. The minimum atomic E-state index is -0.403. The average molecular weight is 377 g/mol. The van der Waals surface area contributed by atoms with E-state index >= 15 is 0 Å². The van der Waals surface area contributed by atoms with Gasteiger partial charge in [0.2, 0.25) is 0 Å². The van der Waals surface area contributed by atoms with Crippen LogP contribution in [-0.2, 0) is 6.61 Å². The maximum Gasteiger partial charge on any atom is 0.176 e. The second-order valence-corrected chi connectivity index (χ2v) is 6.93. The van der Waals surface area contributed by atoms with E-state index in [2.05, 4.69) is 16.8 Å². The third kappa shape index (κ3) is 4.81. The van der Waals surface area contributed by atoms with E-state index in [0.717, 1.165) is 26.2 Å². The molecule has 2 aromatic carbocycles. The lowest BCUT2D eigenvalue weighted by atomic mass is 10.1. The number of Topliss-reactive ketones (excluding diaryl/α,β-unsaturated/α-hetero) is 1. The molecule has 0 spiro atoms. The van der Waals surface area contributed by atoms with Crippen molar-refractivity contribution in [2.24, 2.45) is 0 Å². The van der Waals surface area contributed by atoms with Crippen molar-refractivity contribution in [2.75, 3.05) is 39.8 Å². The number of nitrogens with zero attached hydrogens (tertiary/aromatic N) is 2. The summed E-state index contributed by atoms with van der Waals surface area (Å²) in [6.45, 7) is 4.14. The predicted octanol–water partition coefficient (Wildman–Crippen LogP) is 3.49. The third-order valence-electron chi connectivity index (χ3n) is 4.56. The molecular formula is C20H22ClFN2O2. The summed E-state index contributed by atoms with van der Waals surface area (Å²) in [5, 5.41) is 0.326. The number of carbonyl (C=O) groups excluding carboxylic acids is 1. The van der Waals surface area contributed by atoms with Crippen molar-refractivity contribution < 1.29 is 13.9 Å². The van der Waals surface area contributed by atoms with Crippen LogP contribution in [-0.4, -0.2) is 55.4 Å². The van der Waals surface area contributed by atoms with Crippen molar-refractivity contribution in [3.63, 3.8) is 0 Å². The molecule has 0 aromatic heterocycles. The molecule has 0 unspecified atom stereocenters. The Balaban J connectivity index is 1.61. The van der Waals surface area contributed by atoms with Gasteiger partial charge in [0.15, 0.2) is 5.78 Å². The molecule has 26 heavy (non-hydrogen) atoms. The predicted molar refractivity (Wildman–Crippen MR) is 100 cm³/mol. The van der Waals surface area contributed by atoms with E-state index in [1.165, 1.54) is 6.07 Å². The summed E-state index contributed by atoms with van der Waals surface area (Å²) in [5.41, 5.74) is 0.907. The molecule has 1 saturated heterocycles. The molecule has 0 bridgehead atoms. The zero-order valence-electron chi connectivity index (χ0n) is 14.8. The molecule has 1 heterocycles. The van der Waals surface area contributed by atoms with Crippen LogP contribution in [0.15, 0.2) is 42.5 Å². The molecule has 0 amide bonds. The molecule has 0 aliphatic carbocycles. The van der Waals surface area contributed by atoms with Gasteiger partial charge in [0, 0.05) is 37.3 Å². The highest BCUT2D eigenvalue weighted by molar-refractivity contribution is 6.31. The number of halogens is 2. The monoisotopic (exact) mass is 376 g/mol. The number of hydrogen-bond donors (Lipinski definition) is 0. The lowest BCUT2D eigenvalue weighted by molar-refractivity contribution is 0.0876. The first-order valence-electron chi connectivity index (χ1n) is 8.63. The van der Waals surface area contributed by atoms with Crippen LogP contribution in [0.2, 0.25) is 5.02 Å². The van der Waals surface area contributed by atoms with E-state index in [9.17, 15) is 9.18 Å². The molecule has 138 valence electrons. The van der Waals surface area contributed by atoms with E-state index in [1.54, 1.807) is 36.4 Å². The third-order valence-corrected chi connectivity index (χ3v) is 4.92. The Labute approximate surface area is 158 Å². The van der Waals surface area contributed by atoms with Gasteiger partial charge >= 0.3 is 0 Å². The van der Waals surface area contributed by atoms with Crippen molar-refractivity contribution in [3.8, 4) is 5.75 Å². The van der Waals surface area contributed by atoms with E-state index in [-0.39, 0.29) is 12.4 Å². The van der Waals surface area contributed by atoms with Crippen LogP contribution in [0.3, 0.4) is 0 Å². The van der Waals surface area contributed by atoms with Crippen molar-refractivity contribution in [3.05, 3.63) is 64.4 Å². The zero-order valence-corrected chi connectivity index (χ0v) is 15.5. The van der Waals surface area contributed by atoms with Gasteiger partial charge in [0.25, 0.3) is 0 Å². The van der Waals surface area contributed by atoms with Gasteiger partial charge in [-0.05, 0) is 31.3 Å². The quantitative estimate of drug-likeness (QED) is 0.722. The minimum Gasteiger partial charge on any atom is -0.489 e. The number of ether oxygens (including phenoxy) is 1. The first kappa shape index (κ1) is 18.8. The van der Waals surface area contributed by atoms with E-state index in [0.29, 0.717) is 28.4 Å². The van der Waals surface area contributed by atoms with Gasteiger partial charge in [0.1, 0.15) is 18.2 Å². The van der Waals surface area contributed by atoms with Crippen molar-refractivity contribution in [1.29, 1.82) is 0 Å². The Morgan fingerprint density at radius 1 is 1.15 bits per heavy atom. The van der Waals surface area contributed by atoms with Crippen LogP contribution < -0.4 is 4.74 Å². The molecular weight excluding hydrogens is 355 g/mol. The number of benzene rings is 2. The molecule has 1 fully saturated rings. The number of carbonyl (C=O) groups is 1. The van der Waals surface area contributed by atoms with E-state index in [1.807, 2.05) is 0 Å². The van der Waals surface area contributed by atoms with Crippen LogP contribution in [0.1, 0.15) is 15.9 Å². The van der Waals surface area contributed by atoms with Crippen LogP contribution in [0.4, 0.5) is 4.39 Å². The van der Waals surface area contributed by atoms with Crippen LogP contribution in [0.25, 0.3) is 0 Å². The lowest BCUT2D eigenvalue weighted by Crippen LogP contribution is -2.46. The van der Waals surface area contributed by atoms with Gasteiger partial charge in [-0.3, -0.25) is 9.69 Å². The largest absolute Gasteiger partial charge is 0.489 e. The summed E-state index contributed by atoms with van der Waals surface area (Å²) in [7, 11) is 2.09. The lowest BCUT2D eigenvalue weighted by Gasteiger charge is -2.31. The van der Waals surface area contributed by atoms with E-state index in [4.69, 9.17) is 16.3 Å². The molecule has 0 atom stereocenters. The summed E-state index contributed by atoms with van der Waals surface area (Å²) in [6.07, 6.45) is 0. The molecule has 0 saturated carbocycles. The summed E-state index contributed by atoms with van der Waals surface area (Å²) < 4.78 is 19.5. The number of hydrogen-bond acceptors (Lipinski definition) is 4. The number of rotatable bonds is 6. The molecule has 2 aromatic rings. The van der Waals surface area contributed by atoms with Crippen molar-refractivity contribution in [2.45, 2.75) is 6.61 Å². The van der Waals surface area contributed by atoms with Crippen molar-refractivity contribution >= 4 is 17.4 Å². The fourth-order valence-electron chi connectivity index (χ4n) is 2.89. The molecule has 0 radical (unpaired) electrons. The van der Waals surface area contributed by atoms with Crippen LogP contribution in [0.5, 0.6) is 5.75 Å². The van der Waals surface area contributed by atoms with Crippen LogP contribution in [0, 0.1) is 5.82 Å². The summed E-state index contributed by atoms with van der Waals surface area (Å²) in [5.74, 6) is 0.178. The maximum atomic E-state index is 13.8. The Kier molecular flexibility index (Phi) is 6.25. The van der Waals surface area contributed by atoms with Gasteiger partial charge in [-0.15, -0.1) is 0 Å². The zero-order chi connectivity index (χ0) is 18.5. The molecule has 4 nitrogen and oxygen atoms in total. The minimum absolute atomic E-state index is 0.0155. The average Bonchev–Trinajstić information content (AvgIpc) is 2.63. The molecule has 1 aliphatic heterocycles. The highest BCUT2D eigenvalue weighted by Crippen LogP contribution is 2.22. The normalized spacial score (nSPS) is 15.8. The fraction of sp³-hybridized carbons (Fsp3) is 0.350. The molecule has 3 rings (SSSR count). The highest BCUT2D eigenvalue weighted by atomic mass is 35.5. The first-order chi connectivity index (χ1) is 12.5. The SMILES string of the molecule is CN1CCN(CC(=O)c2cccc(OCc3c(F)cccc3Cl)c2)CC1. The topological polar surface area (TPSA) is 32.8 Å². The van der Waals surface area contributed by atoms with Crippen molar-refractivity contribution in [1.82, 2.24) is 9.80 Å². The van der Waals surface area contributed by atoms with Crippen LogP contribution >= 0.6 is 11.6 Å². The van der Waals surface area contributed by atoms with Gasteiger partial charge in [0.05, 0.1) is 11.6 Å². The maximum absolute atomic E-state index is 13.8. The van der Waals surface area contributed by atoms with Gasteiger partial charge in [-0.1, -0.05) is 29.8 Å². The number of likely N-dealkylation sites (N-methyl/N-ethyl adjacent to an activating group) is 1. The van der Waals surface area contributed by atoms with E-state index < -0.39 is 5.82 Å². The fourth-order valence-corrected chi connectivity index (χ4v) is 3.10. The Morgan fingerprint density at radius 3 is 2.62 bits per heavy atom. The van der Waals surface area contributed by atoms with Gasteiger partial charge in [-0.25, -0.2) is 4.39 Å². The molecule has 1 aliphatic rings. The summed E-state index contributed by atoms with van der Waals surface area (Å²) in [4.78, 5) is 17.0. The standard InChI is InChI=1S/C20H22ClFN2O2/c1-23-8-10-24(11-9-23)13-20(25)15-4-2-5-16(12-15)26-14-17-18(21)6-3-7-19(17)22/h2-7,12H,8-11,13-14H2,1H3. The summed E-state index contributed by atoms with van der Waals surface area (Å²) in [6, 6.07) is 11.5. The first-order valence-corrected chi connectivity index (χ1v) is 9.00. The Bertz CT molecular complexity index is 756. The smallest absolute Gasteiger partial charge is 0.176 e. The number of piperazine rings is 1. The Hall–Kier alpha value is -1.95. The number of ketones is 1. The summed E-state index contributed by atoms with van der Waals surface area (Å²) >= 11 is 6.01. The molecule has 0 N–H and O–H groups in total. The van der Waals surface area contributed by atoms with Gasteiger partial charge in [-0.2, -0.15) is 0 Å². The second kappa shape index (κ2) is 8.62. The Morgan fingerprint density at radius 2 is 1.88 bits per heavy atom. The second-order valence-electron chi connectivity index (χ2n) is 6.52. The highest BCUT2D eigenvalue weighted by Gasteiger charge is 2.18. The van der Waals surface area contributed by atoms with Gasteiger partial charge < -0.3 is 9.64 Å².